The van der Waals surface area contributed by atoms with Gasteiger partial charge in [-0.15, -0.1) is 23.2 Å². The minimum atomic E-state index is -0.106. The molecule has 0 saturated heterocycles. The first-order chi connectivity index (χ1) is 13.5. The average Bonchev–Trinajstić information content (AvgIpc) is 2.69. The van der Waals surface area contributed by atoms with Crippen molar-refractivity contribution < 1.29 is 10.2 Å². The highest BCUT2D eigenvalue weighted by Gasteiger charge is 2.16. The smallest absolute Gasteiger partial charge is 0.123 e. The van der Waals surface area contributed by atoms with E-state index in [0.29, 0.717) is 11.1 Å². The summed E-state index contributed by atoms with van der Waals surface area (Å²) in [6.07, 6.45) is 8.57. The molecule has 0 fully saturated rings. The Morgan fingerprint density at radius 2 is 1.07 bits per heavy atom. The minimum Gasteiger partial charge on any atom is -0.507 e. The first-order valence-electron chi connectivity index (χ1n) is 10.4. The van der Waals surface area contributed by atoms with Crippen molar-refractivity contribution in [1.82, 2.24) is 0 Å². The zero-order valence-corrected chi connectivity index (χ0v) is 18.4. The van der Waals surface area contributed by atoms with Crippen LogP contribution in [0, 0.1) is 0 Å². The van der Waals surface area contributed by atoms with Crippen LogP contribution < -0.4 is 0 Å². The number of benzene rings is 2. The summed E-state index contributed by atoms with van der Waals surface area (Å²) < 4.78 is 0. The van der Waals surface area contributed by atoms with Gasteiger partial charge in [0.15, 0.2) is 0 Å². The van der Waals surface area contributed by atoms with Crippen molar-refractivity contribution in [3.8, 4) is 22.6 Å². The Kier molecular flexibility index (Phi) is 9.47. The van der Waals surface area contributed by atoms with Gasteiger partial charge in [-0.05, 0) is 48.2 Å². The molecule has 0 bridgehead atoms. The molecule has 0 aliphatic heterocycles. The van der Waals surface area contributed by atoms with Crippen LogP contribution in [0.5, 0.6) is 11.5 Å². The van der Waals surface area contributed by atoms with Gasteiger partial charge >= 0.3 is 0 Å². The monoisotopic (exact) mass is 422 g/mol. The molecule has 0 spiro atoms. The van der Waals surface area contributed by atoms with Crippen molar-refractivity contribution in [2.75, 3.05) is 0 Å². The fourth-order valence-electron chi connectivity index (χ4n) is 3.41. The second-order valence-electron chi connectivity index (χ2n) is 7.48. The summed E-state index contributed by atoms with van der Waals surface area (Å²) in [4.78, 5) is 0. The van der Waals surface area contributed by atoms with E-state index in [9.17, 15) is 10.2 Å². The van der Waals surface area contributed by atoms with Gasteiger partial charge in [0.25, 0.3) is 0 Å². The van der Waals surface area contributed by atoms with Crippen molar-refractivity contribution in [3.63, 3.8) is 0 Å². The molecular weight excluding hydrogens is 391 g/mol. The highest BCUT2D eigenvalue weighted by Crippen LogP contribution is 2.41. The quantitative estimate of drug-likeness (QED) is 0.281. The van der Waals surface area contributed by atoms with Gasteiger partial charge in [0, 0.05) is 11.1 Å². The summed E-state index contributed by atoms with van der Waals surface area (Å²) in [5, 5.41) is 20.6. The molecule has 2 unspecified atom stereocenters. The lowest BCUT2D eigenvalue weighted by molar-refractivity contribution is 0.468. The molecule has 154 valence electrons. The van der Waals surface area contributed by atoms with Gasteiger partial charge in [0.05, 0.1) is 10.8 Å². The van der Waals surface area contributed by atoms with Crippen LogP contribution in [0.3, 0.4) is 0 Å². The van der Waals surface area contributed by atoms with E-state index in [-0.39, 0.29) is 22.3 Å². The maximum Gasteiger partial charge on any atom is 0.123 e. The van der Waals surface area contributed by atoms with Crippen LogP contribution in [0.1, 0.15) is 87.1 Å². The molecule has 4 heteroatoms. The van der Waals surface area contributed by atoms with Gasteiger partial charge in [0.1, 0.15) is 11.5 Å². The first kappa shape index (κ1) is 22.9. The van der Waals surface area contributed by atoms with Gasteiger partial charge in [-0.25, -0.2) is 0 Å². The second kappa shape index (κ2) is 11.6. The maximum atomic E-state index is 10.4. The van der Waals surface area contributed by atoms with Crippen molar-refractivity contribution in [2.45, 2.75) is 76.0 Å². The average molecular weight is 423 g/mol. The summed E-state index contributed by atoms with van der Waals surface area (Å²) in [5.41, 5.74) is 3.10. The third kappa shape index (κ3) is 6.32. The number of hydrogen-bond donors (Lipinski definition) is 2. The van der Waals surface area contributed by atoms with Gasteiger partial charge in [-0.1, -0.05) is 64.5 Å². The van der Waals surface area contributed by atoms with Crippen LogP contribution in [0.2, 0.25) is 0 Å². The molecule has 28 heavy (non-hydrogen) atoms. The second-order valence-corrected chi connectivity index (χ2v) is 8.53. The number of rotatable bonds is 11. The molecule has 0 radical (unpaired) electrons. The standard InChI is InChI=1S/C24H32Cl2O2/c1-3-5-7-9-21(25)17-11-13-23(27)19(15-17)20-16-18(12-14-24(20)28)22(26)10-8-6-4-2/h11-16,21-22,27-28H,3-10H2,1-2H3. The van der Waals surface area contributed by atoms with Gasteiger partial charge in [-0.3, -0.25) is 0 Å². The number of unbranched alkanes of at least 4 members (excludes halogenated alkanes) is 4. The Labute approximate surface area is 179 Å². The number of hydrogen-bond acceptors (Lipinski definition) is 2. The third-order valence-electron chi connectivity index (χ3n) is 5.18. The Bertz CT molecular complexity index is 682. The van der Waals surface area contributed by atoms with Crippen molar-refractivity contribution in [1.29, 1.82) is 0 Å². The molecular formula is C24H32Cl2O2. The van der Waals surface area contributed by atoms with E-state index in [2.05, 4.69) is 13.8 Å². The SMILES string of the molecule is CCCCCC(Cl)c1ccc(O)c(-c2cc(C(Cl)CCCCC)ccc2O)c1. The van der Waals surface area contributed by atoms with Crippen LogP contribution in [-0.4, -0.2) is 10.2 Å². The van der Waals surface area contributed by atoms with Crippen LogP contribution in [0.25, 0.3) is 11.1 Å². The summed E-state index contributed by atoms with van der Waals surface area (Å²) in [6.45, 7) is 4.34. The molecule has 2 aromatic carbocycles. The molecule has 0 aliphatic rings. The summed E-state index contributed by atoms with van der Waals surface area (Å²) in [5.74, 6) is 0.261. The number of aromatic hydroxyl groups is 2. The molecule has 0 aromatic heterocycles. The van der Waals surface area contributed by atoms with E-state index in [1.54, 1.807) is 12.1 Å². The third-order valence-corrected chi connectivity index (χ3v) is 6.12. The summed E-state index contributed by atoms with van der Waals surface area (Å²) in [7, 11) is 0. The fourth-order valence-corrected chi connectivity index (χ4v) is 3.99. The zero-order valence-electron chi connectivity index (χ0n) is 16.9. The summed E-state index contributed by atoms with van der Waals surface area (Å²) >= 11 is 13.2. The Balaban J connectivity index is 2.28. The normalized spacial score (nSPS) is 13.4. The van der Waals surface area contributed by atoms with Crippen molar-refractivity contribution >= 4 is 23.2 Å². The van der Waals surface area contributed by atoms with Gasteiger partial charge < -0.3 is 10.2 Å². The molecule has 2 nitrogen and oxygen atoms in total. The van der Waals surface area contributed by atoms with E-state index in [4.69, 9.17) is 23.2 Å². The fraction of sp³-hybridized carbons (Fsp3) is 0.500. The number of phenolic OH excluding ortho intramolecular Hbond substituents is 2. The van der Waals surface area contributed by atoms with E-state index >= 15 is 0 Å². The predicted molar refractivity (Wildman–Crippen MR) is 121 cm³/mol. The van der Waals surface area contributed by atoms with E-state index in [1.807, 2.05) is 24.3 Å². The first-order valence-corrected chi connectivity index (χ1v) is 11.3. The largest absolute Gasteiger partial charge is 0.507 e. The van der Waals surface area contributed by atoms with Crippen LogP contribution >= 0.6 is 23.2 Å². The van der Waals surface area contributed by atoms with E-state index in [1.165, 1.54) is 0 Å². The molecule has 2 rings (SSSR count). The molecule has 0 aliphatic carbocycles. The lowest BCUT2D eigenvalue weighted by Crippen LogP contribution is -1.94. The number of halogens is 2. The molecule has 0 amide bonds. The van der Waals surface area contributed by atoms with E-state index in [0.717, 1.165) is 62.5 Å². The van der Waals surface area contributed by atoms with Crippen LogP contribution in [-0.2, 0) is 0 Å². The number of alkyl halides is 2. The number of phenols is 2. The lowest BCUT2D eigenvalue weighted by atomic mass is 9.95. The summed E-state index contributed by atoms with van der Waals surface area (Å²) in [6, 6.07) is 10.8. The topological polar surface area (TPSA) is 40.5 Å². The highest BCUT2D eigenvalue weighted by molar-refractivity contribution is 6.21. The maximum absolute atomic E-state index is 10.4. The lowest BCUT2D eigenvalue weighted by Gasteiger charge is -2.16. The molecule has 2 atom stereocenters. The molecule has 0 saturated carbocycles. The van der Waals surface area contributed by atoms with E-state index < -0.39 is 0 Å². The van der Waals surface area contributed by atoms with Crippen molar-refractivity contribution in [3.05, 3.63) is 47.5 Å². The van der Waals surface area contributed by atoms with Crippen molar-refractivity contribution in [2.24, 2.45) is 0 Å². The molecule has 2 N–H and O–H groups in total. The molecule has 2 aromatic rings. The Morgan fingerprint density at radius 3 is 1.43 bits per heavy atom. The van der Waals surface area contributed by atoms with Crippen LogP contribution in [0.15, 0.2) is 36.4 Å². The zero-order chi connectivity index (χ0) is 20.5. The van der Waals surface area contributed by atoms with Crippen LogP contribution in [0.4, 0.5) is 0 Å². The molecule has 0 heterocycles. The van der Waals surface area contributed by atoms with Gasteiger partial charge in [-0.2, -0.15) is 0 Å². The Hall–Kier alpha value is -1.38. The van der Waals surface area contributed by atoms with Gasteiger partial charge in [0.2, 0.25) is 0 Å². The Morgan fingerprint density at radius 1 is 0.679 bits per heavy atom. The predicted octanol–water partition coefficient (Wildman–Crippen LogP) is 8.49. The minimum absolute atomic E-state index is 0.106. The highest BCUT2D eigenvalue weighted by atomic mass is 35.5.